The van der Waals surface area contributed by atoms with Crippen molar-refractivity contribution >= 4 is 40.7 Å². The fraction of sp³-hybridized carbons (Fsp3) is 0.238. The van der Waals surface area contributed by atoms with Crippen LogP contribution in [0.2, 0.25) is 10.0 Å². The number of nitrogens with zero attached hydrogens (tertiary/aromatic N) is 3. The number of carbonyl (C=O) groups excluding carboxylic acids is 2. The number of hydrogen-bond donors (Lipinski definition) is 2. The number of aromatic nitrogens is 3. The molecular formula is C21H17Cl2F2N5O4. The van der Waals surface area contributed by atoms with Crippen molar-refractivity contribution in [3.05, 3.63) is 57.5 Å². The highest BCUT2D eigenvalue weighted by molar-refractivity contribution is 6.35. The molecule has 0 atom stereocenters. The van der Waals surface area contributed by atoms with E-state index in [1.807, 2.05) is 0 Å². The van der Waals surface area contributed by atoms with Gasteiger partial charge in [-0.1, -0.05) is 23.2 Å². The number of carbonyl (C=O) groups is 2. The number of halogens is 4. The molecule has 0 spiro atoms. The lowest BCUT2D eigenvalue weighted by atomic mass is 10.1. The molecule has 178 valence electrons. The van der Waals surface area contributed by atoms with Crippen LogP contribution in [0.15, 0.2) is 30.5 Å². The normalized spacial score (nSPS) is 12.4. The first-order valence-corrected chi connectivity index (χ1v) is 10.7. The van der Waals surface area contributed by atoms with E-state index >= 15 is 0 Å². The van der Waals surface area contributed by atoms with Gasteiger partial charge in [-0.3, -0.25) is 9.59 Å². The molecule has 2 aromatic heterocycles. The highest BCUT2D eigenvalue weighted by Crippen LogP contribution is 2.44. The van der Waals surface area contributed by atoms with E-state index in [0.29, 0.717) is 0 Å². The van der Waals surface area contributed by atoms with Crippen LogP contribution in [-0.4, -0.2) is 39.4 Å². The van der Waals surface area contributed by atoms with Gasteiger partial charge in [0.1, 0.15) is 17.0 Å². The van der Waals surface area contributed by atoms with E-state index in [9.17, 15) is 18.4 Å². The third kappa shape index (κ3) is 4.48. The van der Waals surface area contributed by atoms with Crippen molar-refractivity contribution in [1.82, 2.24) is 20.1 Å². The van der Waals surface area contributed by atoms with Gasteiger partial charge in [-0.2, -0.15) is 5.10 Å². The summed E-state index contributed by atoms with van der Waals surface area (Å²) in [7, 11) is 0. The summed E-state index contributed by atoms with van der Waals surface area (Å²) < 4.78 is 38.5. The Morgan fingerprint density at radius 1 is 1.15 bits per heavy atom. The molecule has 3 aromatic rings. The van der Waals surface area contributed by atoms with Gasteiger partial charge in [-0.05, 0) is 32.0 Å². The molecule has 13 heteroatoms. The number of hydrogen-bond acceptors (Lipinski definition) is 6. The van der Waals surface area contributed by atoms with E-state index in [-0.39, 0.29) is 57.1 Å². The van der Waals surface area contributed by atoms with Gasteiger partial charge in [0.2, 0.25) is 6.79 Å². The van der Waals surface area contributed by atoms with Gasteiger partial charge in [-0.25, -0.2) is 18.4 Å². The summed E-state index contributed by atoms with van der Waals surface area (Å²) >= 11 is 12.5. The molecule has 1 aliphatic heterocycles. The Hall–Kier alpha value is -3.44. The first kappa shape index (κ1) is 23.7. The Morgan fingerprint density at radius 2 is 1.91 bits per heavy atom. The van der Waals surface area contributed by atoms with Gasteiger partial charge in [0.05, 0.1) is 15.7 Å². The van der Waals surface area contributed by atoms with E-state index in [4.69, 9.17) is 32.7 Å². The minimum absolute atomic E-state index is 0.0254. The number of ether oxygens (including phenoxy) is 2. The molecule has 0 bridgehead atoms. The minimum atomic E-state index is -2.96. The Bertz CT molecular complexity index is 1280. The van der Waals surface area contributed by atoms with Crippen LogP contribution >= 0.6 is 23.2 Å². The largest absolute Gasteiger partial charge is 0.454 e. The predicted molar refractivity (Wildman–Crippen MR) is 119 cm³/mol. The lowest BCUT2D eigenvalue weighted by molar-refractivity contribution is 0.0939. The monoisotopic (exact) mass is 511 g/mol. The number of rotatable bonds is 6. The number of amides is 2. The number of pyridine rings is 1. The maximum absolute atomic E-state index is 13.4. The van der Waals surface area contributed by atoms with Gasteiger partial charge >= 0.3 is 0 Å². The second-order valence-corrected chi connectivity index (χ2v) is 8.21. The molecule has 0 saturated carbocycles. The third-order valence-electron chi connectivity index (χ3n) is 4.62. The van der Waals surface area contributed by atoms with Crippen molar-refractivity contribution in [3.63, 3.8) is 0 Å². The summed E-state index contributed by atoms with van der Waals surface area (Å²) in [6.45, 7) is 3.35. The number of nitrogens with one attached hydrogen (secondary N) is 2. The van der Waals surface area contributed by atoms with Crippen LogP contribution in [-0.2, 0) is 0 Å². The Kier molecular flexibility index (Phi) is 6.58. The van der Waals surface area contributed by atoms with Gasteiger partial charge in [0.25, 0.3) is 18.2 Å². The molecule has 0 aliphatic carbocycles. The smallest absolute Gasteiger partial charge is 0.282 e. The first-order valence-electron chi connectivity index (χ1n) is 9.90. The van der Waals surface area contributed by atoms with Crippen molar-refractivity contribution < 1.29 is 27.8 Å². The topological polar surface area (TPSA) is 107 Å². The van der Waals surface area contributed by atoms with Gasteiger partial charge in [0, 0.05) is 18.3 Å². The Labute approximate surface area is 202 Å². The second-order valence-electron chi connectivity index (χ2n) is 7.40. The molecule has 0 radical (unpaired) electrons. The molecule has 0 saturated heterocycles. The van der Waals surface area contributed by atoms with Gasteiger partial charge in [-0.15, -0.1) is 0 Å². The maximum Gasteiger partial charge on any atom is 0.282 e. The lowest BCUT2D eigenvalue weighted by Crippen LogP contribution is -2.31. The molecule has 3 heterocycles. The number of benzene rings is 1. The molecule has 9 nitrogen and oxygen atoms in total. The number of fused-ring (bicyclic) bond motifs is 1. The van der Waals surface area contributed by atoms with Crippen LogP contribution in [0.1, 0.15) is 46.8 Å². The van der Waals surface area contributed by atoms with Crippen LogP contribution < -0.4 is 20.1 Å². The minimum Gasteiger partial charge on any atom is -0.454 e. The zero-order valence-corrected chi connectivity index (χ0v) is 19.2. The summed E-state index contributed by atoms with van der Waals surface area (Å²) in [5.41, 5.74) is -1.13. The average Bonchev–Trinajstić information content (AvgIpc) is 3.41. The van der Waals surface area contributed by atoms with E-state index in [1.54, 1.807) is 13.8 Å². The van der Waals surface area contributed by atoms with E-state index in [1.165, 1.54) is 24.4 Å². The van der Waals surface area contributed by atoms with Crippen molar-refractivity contribution in [2.75, 3.05) is 12.1 Å². The highest BCUT2D eigenvalue weighted by atomic mass is 35.5. The van der Waals surface area contributed by atoms with Gasteiger partial charge < -0.3 is 20.1 Å². The zero-order valence-electron chi connectivity index (χ0n) is 17.7. The SMILES string of the molecule is CC(C)NC(=O)c1c(NC(=O)c2cc(C(F)F)nn2-c2ncccc2Cl)c(Cl)cc2c1OCO2. The molecule has 0 unspecified atom stereocenters. The first-order chi connectivity index (χ1) is 16.2. The fourth-order valence-corrected chi connectivity index (χ4v) is 3.67. The molecule has 0 fully saturated rings. The summed E-state index contributed by atoms with van der Waals surface area (Å²) in [4.78, 5) is 30.2. The average molecular weight is 512 g/mol. The van der Waals surface area contributed by atoms with Crippen molar-refractivity contribution in [2.45, 2.75) is 26.3 Å². The summed E-state index contributed by atoms with van der Waals surface area (Å²) in [6, 6.07) is 5.05. The van der Waals surface area contributed by atoms with Crippen molar-refractivity contribution in [2.24, 2.45) is 0 Å². The summed E-state index contributed by atoms with van der Waals surface area (Å²) in [5, 5.41) is 9.06. The quantitative estimate of drug-likeness (QED) is 0.499. The summed E-state index contributed by atoms with van der Waals surface area (Å²) in [6.07, 6.45) is -1.59. The predicted octanol–water partition coefficient (Wildman–Crippen LogP) is 4.63. The van der Waals surface area contributed by atoms with Crippen LogP contribution in [0.5, 0.6) is 11.5 Å². The van der Waals surface area contributed by atoms with E-state index in [2.05, 4.69) is 20.7 Å². The fourth-order valence-electron chi connectivity index (χ4n) is 3.22. The molecule has 34 heavy (non-hydrogen) atoms. The highest BCUT2D eigenvalue weighted by Gasteiger charge is 2.31. The Balaban J connectivity index is 1.80. The standard InChI is InChI=1S/C21H17Cl2F2N5O4/c1-9(2)27-21(32)15-16(11(23)6-14-17(15)34-8-33-14)28-20(31)13-7-12(18(24)25)29-30(13)19-10(22)4-3-5-26-19/h3-7,9,18H,8H2,1-2H3,(H,27,32)(H,28,31). The second kappa shape index (κ2) is 9.43. The summed E-state index contributed by atoms with van der Waals surface area (Å²) in [5.74, 6) is -1.19. The number of anilines is 1. The molecular weight excluding hydrogens is 495 g/mol. The lowest BCUT2D eigenvalue weighted by Gasteiger charge is -2.17. The molecule has 2 N–H and O–H groups in total. The zero-order chi connectivity index (χ0) is 24.6. The molecule has 4 rings (SSSR count). The van der Waals surface area contributed by atoms with Crippen LogP contribution in [0.3, 0.4) is 0 Å². The molecule has 1 aliphatic rings. The van der Waals surface area contributed by atoms with Crippen LogP contribution in [0.4, 0.5) is 14.5 Å². The third-order valence-corrected chi connectivity index (χ3v) is 5.22. The maximum atomic E-state index is 13.4. The van der Waals surface area contributed by atoms with Crippen molar-refractivity contribution in [1.29, 1.82) is 0 Å². The van der Waals surface area contributed by atoms with Crippen LogP contribution in [0, 0.1) is 0 Å². The van der Waals surface area contributed by atoms with E-state index in [0.717, 1.165) is 10.7 Å². The van der Waals surface area contributed by atoms with Crippen molar-refractivity contribution in [3.8, 4) is 17.3 Å². The van der Waals surface area contributed by atoms with Gasteiger partial charge in [0.15, 0.2) is 17.3 Å². The van der Waals surface area contributed by atoms with E-state index < -0.39 is 23.9 Å². The molecule has 1 aromatic carbocycles. The Morgan fingerprint density at radius 3 is 2.59 bits per heavy atom. The number of alkyl halides is 2. The molecule has 2 amide bonds. The van der Waals surface area contributed by atoms with Crippen LogP contribution in [0.25, 0.3) is 5.82 Å².